The van der Waals surface area contributed by atoms with Gasteiger partial charge in [0.1, 0.15) is 0 Å². The first-order valence-electron chi connectivity index (χ1n) is 4.13. The van der Waals surface area contributed by atoms with Crippen LogP contribution in [0.5, 0.6) is 0 Å². The molecule has 0 aromatic carbocycles. The summed E-state index contributed by atoms with van der Waals surface area (Å²) in [6, 6.07) is 0. The molecule has 0 saturated heterocycles. The molecule has 2 N–H and O–H groups in total. The quantitative estimate of drug-likeness (QED) is 0.479. The third-order valence-electron chi connectivity index (χ3n) is 1.21. The Kier molecular flexibility index (Phi) is 7.75. The van der Waals surface area contributed by atoms with Crippen molar-refractivity contribution in [3.8, 4) is 0 Å². The summed E-state index contributed by atoms with van der Waals surface area (Å²) in [5.41, 5.74) is 0. The smallest absolute Gasteiger partial charge is 0.424 e. The van der Waals surface area contributed by atoms with Crippen LogP contribution in [-0.2, 0) is 0 Å². The number of hydrogen-bond donors (Lipinski definition) is 2. The highest BCUT2D eigenvalue weighted by molar-refractivity contribution is 6.47. The van der Waals surface area contributed by atoms with E-state index in [-0.39, 0.29) is 0 Å². The zero-order valence-corrected chi connectivity index (χ0v) is 7.35. The molecule has 0 aliphatic rings. The van der Waals surface area contributed by atoms with Crippen molar-refractivity contribution in [3.05, 3.63) is 36.4 Å². The summed E-state index contributed by atoms with van der Waals surface area (Å²) in [6.07, 6.45) is 11.4. The fourth-order valence-corrected chi connectivity index (χ4v) is 0.633. The van der Waals surface area contributed by atoms with Crippen LogP contribution in [0.1, 0.15) is 19.8 Å². The monoisotopic (exact) mass is 166 g/mol. The zero-order valence-electron chi connectivity index (χ0n) is 7.35. The summed E-state index contributed by atoms with van der Waals surface area (Å²) in [7, 11) is -1.35. The van der Waals surface area contributed by atoms with Gasteiger partial charge in [-0.15, -0.1) is 0 Å². The molecule has 0 aromatic heterocycles. The van der Waals surface area contributed by atoms with Gasteiger partial charge in [-0.05, 0) is 6.42 Å². The van der Waals surface area contributed by atoms with E-state index in [0.717, 1.165) is 12.8 Å². The van der Waals surface area contributed by atoms with E-state index in [2.05, 4.69) is 13.0 Å². The first-order chi connectivity index (χ1) is 5.77. The molecular weight excluding hydrogens is 151 g/mol. The molecule has 0 spiro atoms. The minimum Gasteiger partial charge on any atom is -0.424 e. The van der Waals surface area contributed by atoms with Gasteiger partial charge in [-0.25, -0.2) is 0 Å². The van der Waals surface area contributed by atoms with Crippen LogP contribution in [0, 0.1) is 0 Å². The number of hydrogen-bond acceptors (Lipinski definition) is 2. The Balaban J connectivity index is 3.49. The van der Waals surface area contributed by atoms with E-state index in [0.29, 0.717) is 0 Å². The molecule has 0 radical (unpaired) electrons. The second-order valence-electron chi connectivity index (χ2n) is 2.40. The van der Waals surface area contributed by atoms with Crippen LogP contribution in [-0.4, -0.2) is 17.2 Å². The predicted octanol–water partition coefficient (Wildman–Crippen LogP) is 1.47. The molecule has 0 rings (SSSR count). The highest BCUT2D eigenvalue weighted by atomic mass is 16.4. The van der Waals surface area contributed by atoms with Crippen molar-refractivity contribution >= 4 is 7.12 Å². The Morgan fingerprint density at radius 2 is 1.75 bits per heavy atom. The summed E-state index contributed by atoms with van der Waals surface area (Å²) >= 11 is 0. The topological polar surface area (TPSA) is 40.5 Å². The second-order valence-corrected chi connectivity index (χ2v) is 2.40. The Morgan fingerprint density at radius 1 is 1.08 bits per heavy atom. The van der Waals surface area contributed by atoms with Crippen molar-refractivity contribution in [1.82, 2.24) is 0 Å². The molecule has 66 valence electrons. The minimum absolute atomic E-state index is 1.08. The van der Waals surface area contributed by atoms with E-state index in [1.807, 2.05) is 12.2 Å². The highest BCUT2D eigenvalue weighted by Gasteiger charge is 1.94. The second kappa shape index (κ2) is 8.30. The van der Waals surface area contributed by atoms with Crippen LogP contribution in [0.25, 0.3) is 0 Å². The van der Waals surface area contributed by atoms with Crippen LogP contribution in [0.2, 0.25) is 0 Å². The van der Waals surface area contributed by atoms with Crippen LogP contribution >= 0.6 is 0 Å². The standard InChI is InChI=1S/C9H15BO2/c1-2-3-4-5-6-7-8-9-10(11)12/h4-9,11-12H,2-3H2,1H3/b5-4+,7-6+,9-8+. The first kappa shape index (κ1) is 11.2. The average molecular weight is 166 g/mol. The normalized spacial score (nSPS) is 12.2. The average Bonchev–Trinajstić information content (AvgIpc) is 2.02. The van der Waals surface area contributed by atoms with Gasteiger partial charge in [0.05, 0.1) is 0 Å². The molecule has 2 nitrogen and oxygen atoms in total. The fraction of sp³-hybridized carbons (Fsp3) is 0.333. The summed E-state index contributed by atoms with van der Waals surface area (Å²) in [5, 5.41) is 16.8. The molecule has 0 fully saturated rings. The largest absolute Gasteiger partial charge is 0.480 e. The van der Waals surface area contributed by atoms with E-state index in [1.54, 1.807) is 12.2 Å². The van der Waals surface area contributed by atoms with Crippen molar-refractivity contribution in [1.29, 1.82) is 0 Å². The molecular formula is C9H15BO2. The third-order valence-corrected chi connectivity index (χ3v) is 1.21. The molecule has 0 saturated carbocycles. The molecule has 3 heteroatoms. The van der Waals surface area contributed by atoms with Crippen LogP contribution in [0.4, 0.5) is 0 Å². The molecule has 12 heavy (non-hydrogen) atoms. The molecule has 0 aromatic rings. The van der Waals surface area contributed by atoms with E-state index in [4.69, 9.17) is 10.0 Å². The van der Waals surface area contributed by atoms with E-state index in [9.17, 15) is 0 Å². The van der Waals surface area contributed by atoms with Crippen LogP contribution < -0.4 is 0 Å². The van der Waals surface area contributed by atoms with Crippen molar-refractivity contribution in [3.63, 3.8) is 0 Å². The van der Waals surface area contributed by atoms with Gasteiger partial charge in [-0.1, -0.05) is 49.7 Å². The summed E-state index contributed by atoms with van der Waals surface area (Å²) < 4.78 is 0. The van der Waals surface area contributed by atoms with Crippen molar-refractivity contribution in [2.75, 3.05) is 0 Å². The summed E-state index contributed by atoms with van der Waals surface area (Å²) in [5.74, 6) is 1.30. The maximum absolute atomic E-state index is 8.41. The summed E-state index contributed by atoms with van der Waals surface area (Å²) in [4.78, 5) is 0. The molecule has 0 heterocycles. The fourth-order valence-electron chi connectivity index (χ4n) is 0.633. The number of allylic oxidation sites excluding steroid dienone is 5. The van der Waals surface area contributed by atoms with Gasteiger partial charge < -0.3 is 10.0 Å². The van der Waals surface area contributed by atoms with Gasteiger partial charge in [0.15, 0.2) is 0 Å². The van der Waals surface area contributed by atoms with Gasteiger partial charge in [-0.3, -0.25) is 0 Å². The van der Waals surface area contributed by atoms with Crippen LogP contribution in [0.15, 0.2) is 36.4 Å². The maximum Gasteiger partial charge on any atom is 0.480 e. The number of rotatable bonds is 5. The van der Waals surface area contributed by atoms with Crippen molar-refractivity contribution < 1.29 is 10.0 Å². The van der Waals surface area contributed by atoms with Gasteiger partial charge in [0.25, 0.3) is 0 Å². The SMILES string of the molecule is CCC/C=C/C=C/C=C/B(O)O. The lowest BCUT2D eigenvalue weighted by Crippen LogP contribution is -2.04. The zero-order chi connectivity index (χ0) is 9.23. The van der Waals surface area contributed by atoms with Gasteiger partial charge in [-0.2, -0.15) is 0 Å². The van der Waals surface area contributed by atoms with E-state index >= 15 is 0 Å². The van der Waals surface area contributed by atoms with Gasteiger partial charge in [0.2, 0.25) is 0 Å². The molecule has 0 aliphatic heterocycles. The van der Waals surface area contributed by atoms with E-state index < -0.39 is 7.12 Å². The maximum atomic E-state index is 8.41. The molecule has 0 aliphatic carbocycles. The van der Waals surface area contributed by atoms with Crippen LogP contribution in [0.3, 0.4) is 0 Å². The highest BCUT2D eigenvalue weighted by Crippen LogP contribution is 1.89. The Bertz CT molecular complexity index is 171. The minimum atomic E-state index is -1.35. The Labute approximate surface area is 74.1 Å². The Morgan fingerprint density at radius 3 is 2.33 bits per heavy atom. The summed E-state index contributed by atoms with van der Waals surface area (Å²) in [6.45, 7) is 2.12. The van der Waals surface area contributed by atoms with Gasteiger partial charge in [0, 0.05) is 0 Å². The van der Waals surface area contributed by atoms with Crippen molar-refractivity contribution in [2.24, 2.45) is 0 Å². The van der Waals surface area contributed by atoms with Crippen molar-refractivity contribution in [2.45, 2.75) is 19.8 Å². The predicted molar refractivity (Wildman–Crippen MR) is 52.5 cm³/mol. The number of unbranched alkanes of at least 4 members (excludes halogenated alkanes) is 1. The molecule has 0 unspecified atom stereocenters. The lowest BCUT2D eigenvalue weighted by molar-refractivity contribution is 0.424. The third kappa shape index (κ3) is 9.20. The molecule has 0 atom stereocenters. The van der Waals surface area contributed by atoms with E-state index in [1.165, 1.54) is 5.98 Å². The lowest BCUT2D eigenvalue weighted by Gasteiger charge is -1.82. The van der Waals surface area contributed by atoms with Gasteiger partial charge >= 0.3 is 7.12 Å². The molecule has 0 bridgehead atoms. The Hall–Kier alpha value is -0.795. The lowest BCUT2D eigenvalue weighted by atomic mass is 9.92. The first-order valence-corrected chi connectivity index (χ1v) is 4.13. The molecule has 0 amide bonds.